The van der Waals surface area contributed by atoms with Gasteiger partial charge in [-0.1, -0.05) is 13.8 Å². The molecule has 96 valence electrons. The van der Waals surface area contributed by atoms with Crippen molar-refractivity contribution in [3.8, 4) is 0 Å². The lowest BCUT2D eigenvalue weighted by molar-refractivity contribution is -0.0903. The quantitative estimate of drug-likeness (QED) is 0.736. The highest BCUT2D eigenvalue weighted by atomic mass is 16.5. The first-order chi connectivity index (χ1) is 7.45. The van der Waals surface area contributed by atoms with Crippen LogP contribution >= 0.6 is 0 Å². The zero-order valence-corrected chi connectivity index (χ0v) is 10.9. The fourth-order valence-electron chi connectivity index (χ4n) is 2.41. The van der Waals surface area contributed by atoms with E-state index < -0.39 is 0 Å². The van der Waals surface area contributed by atoms with Gasteiger partial charge < -0.3 is 15.6 Å². The van der Waals surface area contributed by atoms with Crippen molar-refractivity contribution in [1.29, 1.82) is 0 Å². The second kappa shape index (κ2) is 5.96. The van der Waals surface area contributed by atoms with Crippen molar-refractivity contribution >= 4 is 0 Å². The summed E-state index contributed by atoms with van der Waals surface area (Å²) in [7, 11) is 0. The molecule has 0 spiro atoms. The van der Waals surface area contributed by atoms with Crippen LogP contribution in [-0.2, 0) is 4.74 Å². The Kier molecular flexibility index (Phi) is 5.18. The van der Waals surface area contributed by atoms with Gasteiger partial charge in [-0.2, -0.15) is 0 Å². The average Bonchev–Trinajstić information content (AvgIpc) is 2.16. The number of rotatable bonds is 4. The molecule has 0 aliphatic carbocycles. The van der Waals surface area contributed by atoms with E-state index in [-0.39, 0.29) is 30.9 Å². The van der Waals surface area contributed by atoms with Gasteiger partial charge in [0.2, 0.25) is 0 Å². The van der Waals surface area contributed by atoms with Gasteiger partial charge >= 0.3 is 0 Å². The second-order valence-electron chi connectivity index (χ2n) is 5.28. The molecule has 1 rings (SSSR count). The Morgan fingerprint density at radius 1 is 1.31 bits per heavy atom. The third-order valence-electron chi connectivity index (χ3n) is 3.32. The Balaban J connectivity index is 2.64. The maximum atomic E-state index is 9.51. The highest BCUT2D eigenvalue weighted by Crippen LogP contribution is 2.17. The van der Waals surface area contributed by atoms with E-state index in [9.17, 15) is 5.11 Å². The van der Waals surface area contributed by atoms with Gasteiger partial charge in [0.15, 0.2) is 0 Å². The van der Waals surface area contributed by atoms with E-state index >= 15 is 0 Å². The van der Waals surface area contributed by atoms with Gasteiger partial charge in [0.1, 0.15) is 0 Å². The van der Waals surface area contributed by atoms with Crippen LogP contribution in [0.4, 0.5) is 0 Å². The van der Waals surface area contributed by atoms with Gasteiger partial charge in [0.25, 0.3) is 0 Å². The lowest BCUT2D eigenvalue weighted by atomic mass is 9.95. The molecule has 4 unspecified atom stereocenters. The summed E-state index contributed by atoms with van der Waals surface area (Å²) in [5.41, 5.74) is 6.15. The van der Waals surface area contributed by atoms with Gasteiger partial charge in [-0.25, -0.2) is 0 Å². The van der Waals surface area contributed by atoms with Crippen LogP contribution in [0.3, 0.4) is 0 Å². The molecule has 16 heavy (non-hydrogen) atoms. The number of hydrogen-bond donors (Lipinski definition) is 2. The summed E-state index contributed by atoms with van der Waals surface area (Å²) in [5.74, 6) is 0.380. The van der Waals surface area contributed by atoms with E-state index in [2.05, 4.69) is 32.6 Å². The Hall–Kier alpha value is -0.160. The van der Waals surface area contributed by atoms with E-state index in [1.54, 1.807) is 0 Å². The van der Waals surface area contributed by atoms with Crippen LogP contribution in [0.5, 0.6) is 0 Å². The molecule has 0 amide bonds. The summed E-state index contributed by atoms with van der Waals surface area (Å²) in [6.45, 7) is 10.2. The van der Waals surface area contributed by atoms with Crippen molar-refractivity contribution in [2.75, 3.05) is 19.7 Å². The average molecular weight is 230 g/mol. The van der Waals surface area contributed by atoms with Gasteiger partial charge in [-0.05, 0) is 19.8 Å². The molecule has 0 radical (unpaired) electrons. The number of hydrogen-bond acceptors (Lipinski definition) is 4. The molecule has 1 heterocycles. The van der Waals surface area contributed by atoms with Crippen LogP contribution < -0.4 is 5.73 Å². The van der Waals surface area contributed by atoms with E-state index in [1.807, 2.05) is 0 Å². The van der Waals surface area contributed by atoms with Crippen LogP contribution in [0.1, 0.15) is 27.7 Å². The molecule has 1 saturated heterocycles. The lowest BCUT2D eigenvalue weighted by Gasteiger charge is -2.42. The fourth-order valence-corrected chi connectivity index (χ4v) is 2.41. The Labute approximate surface area is 98.8 Å². The highest BCUT2D eigenvalue weighted by molar-refractivity contribution is 4.87. The predicted molar refractivity (Wildman–Crippen MR) is 65.3 cm³/mol. The third-order valence-corrected chi connectivity index (χ3v) is 3.32. The minimum absolute atomic E-state index is 0.0162. The maximum Gasteiger partial charge on any atom is 0.0678 e. The molecular weight excluding hydrogens is 204 g/mol. The first-order valence-corrected chi connectivity index (χ1v) is 6.21. The first kappa shape index (κ1) is 13.9. The molecule has 1 fully saturated rings. The van der Waals surface area contributed by atoms with E-state index in [4.69, 9.17) is 10.5 Å². The standard InChI is InChI=1S/C12H26N2O2/c1-8(2)12(13)11(7-15)14-5-9(3)16-10(4)6-14/h8-12,15H,5-7,13H2,1-4H3. The minimum Gasteiger partial charge on any atom is -0.395 e. The van der Waals surface area contributed by atoms with Crippen molar-refractivity contribution in [3.63, 3.8) is 0 Å². The zero-order valence-electron chi connectivity index (χ0n) is 10.9. The molecule has 4 heteroatoms. The summed E-state index contributed by atoms with van der Waals surface area (Å²) in [5, 5.41) is 9.51. The molecule has 0 aromatic heterocycles. The Morgan fingerprint density at radius 2 is 1.81 bits per heavy atom. The third kappa shape index (κ3) is 3.42. The summed E-state index contributed by atoms with van der Waals surface area (Å²) in [6.07, 6.45) is 0.439. The maximum absolute atomic E-state index is 9.51. The number of ether oxygens (including phenoxy) is 1. The molecule has 3 N–H and O–H groups in total. The van der Waals surface area contributed by atoms with Gasteiger partial charge in [0.05, 0.1) is 18.8 Å². The van der Waals surface area contributed by atoms with Gasteiger partial charge in [0, 0.05) is 25.2 Å². The number of aliphatic hydroxyl groups excluding tert-OH is 1. The number of nitrogens with two attached hydrogens (primary N) is 1. The van der Waals surface area contributed by atoms with Crippen molar-refractivity contribution in [2.45, 2.75) is 52.0 Å². The van der Waals surface area contributed by atoms with Crippen LogP contribution in [0.25, 0.3) is 0 Å². The summed E-state index contributed by atoms with van der Waals surface area (Å²) in [6, 6.07) is 0.0660. The summed E-state index contributed by atoms with van der Waals surface area (Å²) < 4.78 is 5.69. The molecular formula is C12H26N2O2. The van der Waals surface area contributed by atoms with Gasteiger partial charge in [-0.3, -0.25) is 4.90 Å². The van der Waals surface area contributed by atoms with Gasteiger partial charge in [-0.15, -0.1) is 0 Å². The molecule has 0 bridgehead atoms. The van der Waals surface area contributed by atoms with E-state index in [0.29, 0.717) is 5.92 Å². The number of aliphatic hydroxyl groups is 1. The molecule has 4 atom stereocenters. The van der Waals surface area contributed by atoms with Crippen LogP contribution in [0, 0.1) is 5.92 Å². The Bertz CT molecular complexity index is 201. The van der Waals surface area contributed by atoms with E-state index in [0.717, 1.165) is 13.1 Å². The van der Waals surface area contributed by atoms with E-state index in [1.165, 1.54) is 0 Å². The number of morpholine rings is 1. The van der Waals surface area contributed by atoms with Crippen molar-refractivity contribution in [2.24, 2.45) is 11.7 Å². The molecule has 0 aromatic rings. The SMILES string of the molecule is CC1CN(C(CO)C(N)C(C)C)CC(C)O1. The molecule has 1 aliphatic rings. The lowest BCUT2D eigenvalue weighted by Crippen LogP contribution is -2.58. The normalized spacial score (nSPS) is 31.7. The van der Waals surface area contributed by atoms with Crippen molar-refractivity contribution < 1.29 is 9.84 Å². The van der Waals surface area contributed by atoms with Crippen LogP contribution in [0.2, 0.25) is 0 Å². The van der Waals surface area contributed by atoms with Crippen LogP contribution in [0.15, 0.2) is 0 Å². The topological polar surface area (TPSA) is 58.7 Å². The number of nitrogens with zero attached hydrogens (tertiary/aromatic N) is 1. The summed E-state index contributed by atoms with van der Waals surface area (Å²) in [4.78, 5) is 2.27. The molecule has 0 saturated carbocycles. The molecule has 0 aromatic carbocycles. The van der Waals surface area contributed by atoms with Crippen molar-refractivity contribution in [1.82, 2.24) is 4.90 Å². The fraction of sp³-hybridized carbons (Fsp3) is 1.00. The first-order valence-electron chi connectivity index (χ1n) is 6.21. The monoisotopic (exact) mass is 230 g/mol. The molecule has 1 aliphatic heterocycles. The van der Waals surface area contributed by atoms with Crippen molar-refractivity contribution in [3.05, 3.63) is 0 Å². The Morgan fingerprint density at radius 3 is 2.19 bits per heavy atom. The smallest absolute Gasteiger partial charge is 0.0678 e. The second-order valence-corrected chi connectivity index (χ2v) is 5.28. The van der Waals surface area contributed by atoms with Crippen LogP contribution in [-0.4, -0.2) is 54.0 Å². The minimum atomic E-state index is 0.0162. The zero-order chi connectivity index (χ0) is 12.3. The molecule has 4 nitrogen and oxygen atoms in total. The largest absolute Gasteiger partial charge is 0.395 e. The predicted octanol–water partition coefficient (Wildman–Crippen LogP) is 0.440. The highest BCUT2D eigenvalue weighted by Gasteiger charge is 2.31. The summed E-state index contributed by atoms with van der Waals surface area (Å²) >= 11 is 0.